The summed E-state index contributed by atoms with van der Waals surface area (Å²) in [4.78, 5) is 23.0. The number of aromatic nitrogens is 4. The third-order valence-corrected chi connectivity index (χ3v) is 4.43. The van der Waals surface area contributed by atoms with E-state index in [2.05, 4.69) is 15.0 Å². The molecular formula is C17H17FN6O3. The molecular weight excluding hydrogens is 355 g/mol. The van der Waals surface area contributed by atoms with Crippen LogP contribution in [0.5, 0.6) is 11.5 Å². The van der Waals surface area contributed by atoms with E-state index in [0.29, 0.717) is 23.7 Å². The van der Waals surface area contributed by atoms with Crippen LogP contribution in [0.15, 0.2) is 12.1 Å². The fourth-order valence-electron chi connectivity index (χ4n) is 3.08. The van der Waals surface area contributed by atoms with Crippen LogP contribution in [-0.4, -0.2) is 32.2 Å². The number of hydrogen-bond donors (Lipinski definition) is 2. The van der Waals surface area contributed by atoms with Gasteiger partial charge in [0.05, 0.1) is 0 Å². The fourth-order valence-corrected chi connectivity index (χ4v) is 3.08. The molecule has 0 bridgehead atoms. The Balaban J connectivity index is 1.80. The number of nitrogen functional groups attached to an aromatic ring is 1. The van der Waals surface area contributed by atoms with Gasteiger partial charge in [0.2, 0.25) is 12.7 Å². The summed E-state index contributed by atoms with van der Waals surface area (Å²) >= 11 is 0. The zero-order valence-electron chi connectivity index (χ0n) is 14.5. The number of benzene rings is 1. The molecule has 0 aliphatic carbocycles. The molecule has 0 saturated carbocycles. The smallest absolute Gasteiger partial charge is 0.312 e. The van der Waals surface area contributed by atoms with Gasteiger partial charge in [0.1, 0.15) is 5.82 Å². The Morgan fingerprint density at radius 2 is 2.00 bits per heavy atom. The van der Waals surface area contributed by atoms with E-state index < -0.39 is 12.0 Å². The number of imidazole rings is 1. The number of primary amides is 1. The minimum absolute atomic E-state index is 0.0565. The van der Waals surface area contributed by atoms with Crippen LogP contribution >= 0.6 is 0 Å². The highest BCUT2D eigenvalue weighted by atomic mass is 19.1. The molecule has 0 spiro atoms. The standard InChI is InChI=1S/C17H17FN6O3/c1-8-4-10-11(27-7-26-10)5-9(8)6-13-21-14-15(20)22-17(18)23-16(14)24(13)3-2-12(19)25/h4-5H,2-3,6-7H2,1H3,(H2,19,25)(H2,20,22,23). The summed E-state index contributed by atoms with van der Waals surface area (Å²) in [5.41, 5.74) is 13.5. The Morgan fingerprint density at radius 1 is 1.26 bits per heavy atom. The molecule has 140 valence electrons. The van der Waals surface area contributed by atoms with Gasteiger partial charge >= 0.3 is 6.08 Å². The van der Waals surface area contributed by atoms with Gasteiger partial charge in [-0.15, -0.1) is 0 Å². The normalized spacial score (nSPS) is 12.7. The summed E-state index contributed by atoms with van der Waals surface area (Å²) in [7, 11) is 0. The van der Waals surface area contributed by atoms with Crippen LogP contribution in [0.4, 0.5) is 10.2 Å². The molecule has 3 aromatic rings. The highest BCUT2D eigenvalue weighted by Gasteiger charge is 2.20. The van der Waals surface area contributed by atoms with E-state index in [0.717, 1.165) is 11.1 Å². The Labute approximate surface area is 153 Å². The van der Waals surface area contributed by atoms with Crippen molar-refractivity contribution in [1.82, 2.24) is 19.5 Å². The van der Waals surface area contributed by atoms with E-state index in [1.807, 2.05) is 19.1 Å². The Kier molecular flexibility index (Phi) is 4.02. The molecule has 27 heavy (non-hydrogen) atoms. The minimum Gasteiger partial charge on any atom is -0.454 e. The first kappa shape index (κ1) is 17.0. The lowest BCUT2D eigenvalue weighted by atomic mass is 10.0. The molecule has 9 nitrogen and oxygen atoms in total. The molecule has 3 heterocycles. The van der Waals surface area contributed by atoms with Crippen molar-refractivity contribution in [2.24, 2.45) is 5.73 Å². The SMILES string of the molecule is Cc1cc2c(cc1Cc1nc3c(N)nc(F)nc3n1CCC(N)=O)OCO2. The molecule has 1 amide bonds. The number of ether oxygens (including phenoxy) is 2. The molecule has 1 aliphatic heterocycles. The number of anilines is 1. The van der Waals surface area contributed by atoms with Crippen LogP contribution in [-0.2, 0) is 17.8 Å². The third kappa shape index (κ3) is 3.09. The number of halogens is 1. The molecule has 0 atom stereocenters. The molecule has 0 fully saturated rings. The predicted molar refractivity (Wildman–Crippen MR) is 93.6 cm³/mol. The lowest BCUT2D eigenvalue weighted by Crippen LogP contribution is -2.16. The van der Waals surface area contributed by atoms with Crippen molar-refractivity contribution in [2.45, 2.75) is 26.3 Å². The van der Waals surface area contributed by atoms with Crippen molar-refractivity contribution in [3.63, 3.8) is 0 Å². The van der Waals surface area contributed by atoms with Crippen molar-refractivity contribution >= 4 is 22.9 Å². The molecule has 10 heteroatoms. The monoisotopic (exact) mass is 372 g/mol. The molecule has 2 aromatic heterocycles. The van der Waals surface area contributed by atoms with E-state index >= 15 is 0 Å². The molecule has 1 aromatic carbocycles. The van der Waals surface area contributed by atoms with Crippen LogP contribution in [0, 0.1) is 13.0 Å². The van der Waals surface area contributed by atoms with E-state index in [1.54, 1.807) is 4.57 Å². The number of aryl methyl sites for hydroxylation is 2. The lowest BCUT2D eigenvalue weighted by molar-refractivity contribution is -0.118. The second kappa shape index (κ2) is 6.38. The summed E-state index contributed by atoms with van der Waals surface area (Å²) < 4.78 is 26.1. The zero-order valence-corrected chi connectivity index (χ0v) is 14.5. The number of nitrogens with zero attached hydrogens (tertiary/aromatic N) is 4. The molecule has 0 unspecified atom stereocenters. The first-order chi connectivity index (χ1) is 12.9. The van der Waals surface area contributed by atoms with Gasteiger partial charge < -0.3 is 25.5 Å². The van der Waals surface area contributed by atoms with E-state index in [9.17, 15) is 9.18 Å². The number of fused-ring (bicyclic) bond motifs is 2. The third-order valence-electron chi connectivity index (χ3n) is 4.43. The molecule has 0 saturated heterocycles. The van der Waals surface area contributed by atoms with Gasteiger partial charge in [-0.25, -0.2) is 4.98 Å². The maximum absolute atomic E-state index is 13.7. The Hall–Kier alpha value is -3.43. The summed E-state index contributed by atoms with van der Waals surface area (Å²) in [6.07, 6.45) is -0.492. The van der Waals surface area contributed by atoms with Crippen LogP contribution in [0.1, 0.15) is 23.4 Å². The van der Waals surface area contributed by atoms with E-state index in [4.69, 9.17) is 20.9 Å². The summed E-state index contributed by atoms with van der Waals surface area (Å²) in [6.45, 7) is 2.34. The van der Waals surface area contributed by atoms with E-state index in [-0.39, 0.29) is 36.7 Å². The van der Waals surface area contributed by atoms with Crippen molar-refractivity contribution in [3.05, 3.63) is 35.2 Å². The summed E-state index contributed by atoms with van der Waals surface area (Å²) in [5.74, 6) is 1.37. The van der Waals surface area contributed by atoms with Crippen molar-refractivity contribution in [2.75, 3.05) is 12.5 Å². The van der Waals surface area contributed by atoms with Gasteiger partial charge in [0.15, 0.2) is 28.5 Å². The number of amides is 1. The van der Waals surface area contributed by atoms with Gasteiger partial charge in [-0.1, -0.05) is 0 Å². The maximum atomic E-state index is 13.7. The first-order valence-electron chi connectivity index (χ1n) is 8.28. The average molecular weight is 372 g/mol. The molecule has 0 radical (unpaired) electrons. The fraction of sp³-hybridized carbons (Fsp3) is 0.294. The largest absolute Gasteiger partial charge is 0.454 e. The predicted octanol–water partition coefficient (Wildman–Crippen LogP) is 1.05. The molecule has 1 aliphatic rings. The highest BCUT2D eigenvalue weighted by molar-refractivity contribution is 5.82. The first-order valence-corrected chi connectivity index (χ1v) is 8.28. The van der Waals surface area contributed by atoms with Gasteiger partial charge in [0, 0.05) is 19.4 Å². The Morgan fingerprint density at radius 3 is 2.74 bits per heavy atom. The highest BCUT2D eigenvalue weighted by Crippen LogP contribution is 2.35. The maximum Gasteiger partial charge on any atom is 0.312 e. The molecule has 4 N–H and O–H groups in total. The Bertz CT molecular complexity index is 1060. The second-order valence-corrected chi connectivity index (χ2v) is 6.25. The second-order valence-electron chi connectivity index (χ2n) is 6.25. The van der Waals surface area contributed by atoms with E-state index in [1.165, 1.54) is 0 Å². The zero-order chi connectivity index (χ0) is 19.1. The number of rotatable bonds is 5. The lowest BCUT2D eigenvalue weighted by Gasteiger charge is -2.10. The van der Waals surface area contributed by atoms with Crippen LogP contribution in [0.3, 0.4) is 0 Å². The van der Waals surface area contributed by atoms with Gasteiger partial charge in [-0.3, -0.25) is 4.79 Å². The van der Waals surface area contributed by atoms with Gasteiger partial charge in [-0.05, 0) is 30.2 Å². The van der Waals surface area contributed by atoms with Crippen molar-refractivity contribution in [3.8, 4) is 11.5 Å². The minimum atomic E-state index is -0.953. The van der Waals surface area contributed by atoms with Crippen LogP contribution < -0.4 is 20.9 Å². The number of carbonyl (C=O) groups is 1. The van der Waals surface area contributed by atoms with Gasteiger partial charge in [0.25, 0.3) is 0 Å². The van der Waals surface area contributed by atoms with Crippen LogP contribution in [0.25, 0.3) is 11.2 Å². The number of nitrogens with two attached hydrogens (primary N) is 2. The topological polar surface area (TPSA) is 131 Å². The number of hydrogen-bond acceptors (Lipinski definition) is 7. The average Bonchev–Trinajstić information content (AvgIpc) is 3.17. The van der Waals surface area contributed by atoms with Crippen molar-refractivity contribution in [1.29, 1.82) is 0 Å². The van der Waals surface area contributed by atoms with Gasteiger partial charge in [-0.2, -0.15) is 14.4 Å². The van der Waals surface area contributed by atoms with Crippen molar-refractivity contribution < 1.29 is 18.7 Å². The summed E-state index contributed by atoms with van der Waals surface area (Å²) in [5, 5.41) is 0. The molecule has 4 rings (SSSR count). The summed E-state index contributed by atoms with van der Waals surface area (Å²) in [6, 6.07) is 3.77. The van der Waals surface area contributed by atoms with Crippen LogP contribution in [0.2, 0.25) is 0 Å². The quantitative estimate of drug-likeness (QED) is 0.640. The number of carbonyl (C=O) groups excluding carboxylic acids is 1.